The molecule has 0 spiro atoms. The van der Waals surface area contributed by atoms with Gasteiger partial charge in [-0.15, -0.1) is 10.2 Å². The molecular formula is C20H27N5O2S. The van der Waals surface area contributed by atoms with E-state index >= 15 is 0 Å². The summed E-state index contributed by atoms with van der Waals surface area (Å²) in [6.45, 7) is 11.7. The normalized spacial score (nSPS) is 19.8. The highest BCUT2D eigenvalue weighted by atomic mass is 32.1. The fourth-order valence-corrected chi connectivity index (χ4v) is 4.76. The molecule has 1 aromatic carbocycles. The van der Waals surface area contributed by atoms with E-state index in [-0.39, 0.29) is 11.5 Å². The second kappa shape index (κ2) is 7.33. The molecule has 8 heteroatoms. The van der Waals surface area contributed by atoms with Crippen molar-refractivity contribution in [2.24, 2.45) is 0 Å². The van der Waals surface area contributed by atoms with Crippen LogP contribution in [0.3, 0.4) is 0 Å². The number of carbonyl (C=O) groups excluding carboxylic acids is 1. The van der Waals surface area contributed by atoms with Gasteiger partial charge in [0.05, 0.1) is 0 Å². The van der Waals surface area contributed by atoms with Crippen LogP contribution in [0.4, 0.5) is 10.3 Å². The summed E-state index contributed by atoms with van der Waals surface area (Å²) >= 11 is 1.42. The van der Waals surface area contributed by atoms with Crippen LogP contribution in [0.2, 0.25) is 0 Å². The summed E-state index contributed by atoms with van der Waals surface area (Å²) in [4.78, 5) is 15.9. The maximum Gasteiger partial charge on any atom is 0.223 e. The molecule has 2 aliphatic rings. The molecule has 1 saturated heterocycles. The minimum Gasteiger partial charge on any atom is -0.487 e. The summed E-state index contributed by atoms with van der Waals surface area (Å²) in [6.07, 6.45) is 0.970. The minimum atomic E-state index is -0.122. The molecule has 150 valence electrons. The highest BCUT2D eigenvalue weighted by Gasteiger charge is 2.31. The second-order valence-corrected chi connectivity index (χ2v) is 9.13. The molecule has 1 amide bonds. The lowest BCUT2D eigenvalue weighted by Crippen LogP contribution is -2.47. The monoisotopic (exact) mass is 401 g/mol. The van der Waals surface area contributed by atoms with Crippen molar-refractivity contribution >= 4 is 27.5 Å². The first kappa shape index (κ1) is 19.1. The first-order valence-corrected chi connectivity index (χ1v) is 10.5. The number of rotatable bonds is 4. The molecule has 0 bridgehead atoms. The van der Waals surface area contributed by atoms with Crippen LogP contribution in [0.5, 0.6) is 5.75 Å². The molecule has 2 aliphatic heterocycles. The van der Waals surface area contributed by atoms with Gasteiger partial charge in [-0.25, -0.2) is 0 Å². The van der Waals surface area contributed by atoms with Crippen LogP contribution in [0.1, 0.15) is 44.9 Å². The van der Waals surface area contributed by atoms with Crippen LogP contribution < -0.4 is 15.0 Å². The summed E-state index contributed by atoms with van der Waals surface area (Å²) in [5.74, 6) is 0.912. The van der Waals surface area contributed by atoms with E-state index in [2.05, 4.69) is 64.3 Å². The van der Waals surface area contributed by atoms with E-state index in [1.807, 2.05) is 0 Å². The van der Waals surface area contributed by atoms with Crippen LogP contribution in [0.15, 0.2) is 18.2 Å². The Balaban J connectivity index is 1.37. The number of fused-ring (bicyclic) bond motifs is 1. The van der Waals surface area contributed by atoms with Crippen LogP contribution in [0.25, 0.3) is 0 Å². The lowest BCUT2D eigenvalue weighted by atomic mass is 9.99. The van der Waals surface area contributed by atoms with Gasteiger partial charge in [0.25, 0.3) is 0 Å². The number of benzene rings is 1. The Morgan fingerprint density at radius 3 is 2.71 bits per heavy atom. The highest BCUT2D eigenvalue weighted by molar-refractivity contribution is 7.19. The van der Waals surface area contributed by atoms with Crippen molar-refractivity contribution in [2.75, 3.05) is 36.4 Å². The number of carbonyl (C=O) groups is 1. The first-order chi connectivity index (χ1) is 13.3. The van der Waals surface area contributed by atoms with Gasteiger partial charge in [-0.3, -0.25) is 9.69 Å². The van der Waals surface area contributed by atoms with Crippen LogP contribution in [0, 0.1) is 0 Å². The van der Waals surface area contributed by atoms with E-state index in [4.69, 9.17) is 4.74 Å². The van der Waals surface area contributed by atoms with E-state index in [0.717, 1.165) is 43.5 Å². The third kappa shape index (κ3) is 3.98. The molecule has 0 radical (unpaired) electrons. The summed E-state index contributed by atoms with van der Waals surface area (Å²) in [7, 11) is 0. The average Bonchev–Trinajstić information content (AvgIpc) is 3.22. The molecule has 0 aliphatic carbocycles. The number of hydrogen-bond acceptors (Lipinski definition) is 7. The second-order valence-electron chi connectivity index (χ2n) is 8.18. The van der Waals surface area contributed by atoms with Gasteiger partial charge in [0.1, 0.15) is 11.4 Å². The zero-order valence-electron chi connectivity index (χ0n) is 16.9. The molecule has 2 aromatic rings. The van der Waals surface area contributed by atoms with Gasteiger partial charge < -0.3 is 15.0 Å². The average molecular weight is 402 g/mol. The number of hydrogen-bond donors (Lipinski definition) is 1. The van der Waals surface area contributed by atoms with Crippen molar-refractivity contribution in [3.63, 3.8) is 0 Å². The molecule has 1 fully saturated rings. The van der Waals surface area contributed by atoms with Crippen molar-refractivity contribution in [1.29, 1.82) is 0 Å². The highest BCUT2D eigenvalue weighted by Crippen LogP contribution is 2.37. The van der Waals surface area contributed by atoms with Gasteiger partial charge in [-0.05, 0) is 38.0 Å². The van der Waals surface area contributed by atoms with E-state index in [0.29, 0.717) is 11.2 Å². The molecular weight excluding hydrogens is 374 g/mol. The molecule has 1 unspecified atom stereocenters. The van der Waals surface area contributed by atoms with E-state index in [1.165, 1.54) is 29.4 Å². The third-order valence-corrected chi connectivity index (χ3v) is 6.31. The number of amides is 1. The van der Waals surface area contributed by atoms with Crippen LogP contribution in [-0.2, 0) is 11.2 Å². The third-order valence-electron chi connectivity index (χ3n) is 5.41. The van der Waals surface area contributed by atoms with Crippen molar-refractivity contribution in [3.8, 4) is 5.75 Å². The molecule has 7 nitrogen and oxygen atoms in total. The van der Waals surface area contributed by atoms with E-state index < -0.39 is 0 Å². The quantitative estimate of drug-likeness (QED) is 0.849. The Kier molecular flexibility index (Phi) is 5.01. The molecule has 1 N–H and O–H groups in total. The number of ether oxygens (including phenoxy) is 1. The summed E-state index contributed by atoms with van der Waals surface area (Å²) in [6, 6.07) is 7.01. The fourth-order valence-electron chi connectivity index (χ4n) is 3.92. The molecule has 28 heavy (non-hydrogen) atoms. The van der Waals surface area contributed by atoms with Gasteiger partial charge >= 0.3 is 0 Å². The number of anilines is 2. The SMILES string of the molecule is CC(=O)Nc1nnc(N2CCN(C(C)c3ccc4c(c3)OC(C)(C)C4)CC2)s1. The van der Waals surface area contributed by atoms with Gasteiger partial charge in [0, 0.05) is 45.6 Å². The van der Waals surface area contributed by atoms with E-state index in [9.17, 15) is 4.79 Å². The zero-order valence-corrected chi connectivity index (χ0v) is 17.7. The van der Waals surface area contributed by atoms with Gasteiger partial charge in [0.2, 0.25) is 16.2 Å². The number of nitrogens with zero attached hydrogens (tertiary/aromatic N) is 4. The van der Waals surface area contributed by atoms with E-state index in [1.54, 1.807) is 0 Å². The Bertz CT molecular complexity index is 873. The zero-order chi connectivity index (χ0) is 19.9. The number of aromatic nitrogens is 2. The smallest absolute Gasteiger partial charge is 0.223 e. The van der Waals surface area contributed by atoms with Crippen molar-refractivity contribution in [1.82, 2.24) is 15.1 Å². The van der Waals surface area contributed by atoms with Crippen molar-refractivity contribution in [3.05, 3.63) is 29.3 Å². The molecule has 3 heterocycles. The topological polar surface area (TPSA) is 70.6 Å². The molecule has 1 aromatic heterocycles. The Morgan fingerprint density at radius 1 is 1.25 bits per heavy atom. The lowest BCUT2D eigenvalue weighted by molar-refractivity contribution is -0.114. The number of piperazine rings is 1. The van der Waals surface area contributed by atoms with Crippen LogP contribution in [-0.4, -0.2) is 52.8 Å². The first-order valence-electron chi connectivity index (χ1n) is 9.73. The Morgan fingerprint density at radius 2 is 2.00 bits per heavy atom. The summed E-state index contributed by atoms with van der Waals surface area (Å²) in [5, 5.41) is 12.4. The minimum absolute atomic E-state index is 0.104. The Labute approximate surface area is 169 Å². The number of nitrogens with one attached hydrogen (secondary N) is 1. The maximum absolute atomic E-state index is 11.2. The van der Waals surface area contributed by atoms with Gasteiger partial charge in [0.15, 0.2) is 0 Å². The largest absolute Gasteiger partial charge is 0.487 e. The summed E-state index contributed by atoms with van der Waals surface area (Å²) < 4.78 is 6.11. The molecule has 4 rings (SSSR count). The van der Waals surface area contributed by atoms with Gasteiger partial charge in [-0.1, -0.05) is 23.5 Å². The predicted molar refractivity (Wildman–Crippen MR) is 111 cm³/mol. The van der Waals surface area contributed by atoms with Crippen molar-refractivity contribution in [2.45, 2.75) is 45.8 Å². The van der Waals surface area contributed by atoms with Crippen molar-refractivity contribution < 1.29 is 9.53 Å². The molecule has 1 atom stereocenters. The molecule has 0 saturated carbocycles. The fraction of sp³-hybridized carbons (Fsp3) is 0.550. The predicted octanol–water partition coefficient (Wildman–Crippen LogP) is 3.09. The van der Waals surface area contributed by atoms with Crippen LogP contribution >= 0.6 is 11.3 Å². The standard InChI is InChI=1S/C20H27N5O2S/c1-13(15-5-6-16-12-20(3,4)27-17(16)11-15)24-7-9-25(10-8-24)19-23-22-18(28-19)21-14(2)26/h5-6,11,13H,7-10,12H2,1-4H3,(H,21,22,26). The Hall–Kier alpha value is -2.19. The summed E-state index contributed by atoms with van der Waals surface area (Å²) in [5.41, 5.74) is 2.50. The lowest BCUT2D eigenvalue weighted by Gasteiger charge is -2.38. The maximum atomic E-state index is 11.2. The van der Waals surface area contributed by atoms with Gasteiger partial charge in [-0.2, -0.15) is 0 Å².